The number of thiocarbonyl (C=S) groups is 1. The Bertz CT molecular complexity index is 1250. The highest BCUT2D eigenvalue weighted by Gasteiger charge is 2.33. The number of carboxylic acids is 1. The van der Waals surface area contributed by atoms with E-state index in [0.717, 1.165) is 28.8 Å². The lowest BCUT2D eigenvalue weighted by atomic mass is 10.1. The summed E-state index contributed by atoms with van der Waals surface area (Å²) in [7, 11) is 0. The van der Waals surface area contributed by atoms with Gasteiger partial charge < -0.3 is 14.6 Å². The zero-order chi connectivity index (χ0) is 24.6. The Kier molecular flexibility index (Phi) is 8.12. The molecule has 7 nitrogen and oxygen atoms in total. The van der Waals surface area contributed by atoms with Gasteiger partial charge >= 0.3 is 5.97 Å². The van der Waals surface area contributed by atoms with E-state index in [0.29, 0.717) is 28.6 Å². The summed E-state index contributed by atoms with van der Waals surface area (Å²) in [5.74, 6) is -0.461. The Morgan fingerprint density at radius 2 is 1.86 bits per heavy atom. The fourth-order valence-corrected chi connectivity index (χ4v) is 4.58. The number of carboxylic acid groups (broad SMARTS) is 1. The first-order valence-corrected chi connectivity index (χ1v) is 12.0. The fourth-order valence-electron chi connectivity index (χ4n) is 3.33. The molecule has 0 bridgehead atoms. The van der Waals surface area contributed by atoms with Crippen molar-refractivity contribution in [1.82, 2.24) is 9.88 Å². The minimum Gasteiger partial charge on any atom is -0.489 e. The van der Waals surface area contributed by atoms with Crippen LogP contribution < -0.4 is 9.47 Å². The summed E-state index contributed by atoms with van der Waals surface area (Å²) >= 11 is 6.25. The van der Waals surface area contributed by atoms with Gasteiger partial charge in [0.15, 0.2) is 11.5 Å². The molecule has 0 aliphatic carbocycles. The van der Waals surface area contributed by atoms with E-state index in [-0.39, 0.29) is 10.9 Å². The van der Waals surface area contributed by atoms with Crippen molar-refractivity contribution in [2.24, 2.45) is 0 Å². The first-order chi connectivity index (χ1) is 17.0. The van der Waals surface area contributed by atoms with Crippen LogP contribution in [0.2, 0.25) is 0 Å². The third-order valence-corrected chi connectivity index (χ3v) is 6.40. The molecule has 1 aromatic heterocycles. The van der Waals surface area contributed by atoms with Crippen molar-refractivity contribution >= 4 is 46.3 Å². The van der Waals surface area contributed by atoms with Crippen LogP contribution in [0.3, 0.4) is 0 Å². The number of pyridine rings is 1. The van der Waals surface area contributed by atoms with Gasteiger partial charge in [0.05, 0.1) is 17.2 Å². The minimum atomic E-state index is -1.12. The standard InChI is InChI=1S/C26H22N2O5S2/c29-24(30)16-28-25(31)23(35-26(28)34)15-19-9-10-21(32-13-11-18-6-2-1-3-7-18)22(14-19)33-17-20-8-4-5-12-27-20/h1-10,12,14-15H,11,13,16-17H2,(H,29,30)/b23-15-. The van der Waals surface area contributed by atoms with Crippen LogP contribution in [0.4, 0.5) is 0 Å². The third kappa shape index (κ3) is 6.68. The molecule has 4 rings (SSSR count). The summed E-state index contributed by atoms with van der Waals surface area (Å²) < 4.78 is 12.3. The van der Waals surface area contributed by atoms with E-state index in [9.17, 15) is 9.59 Å². The summed E-state index contributed by atoms with van der Waals surface area (Å²) in [4.78, 5) is 29.4. The van der Waals surface area contributed by atoms with Crippen molar-refractivity contribution in [2.45, 2.75) is 13.0 Å². The number of carbonyl (C=O) groups excluding carboxylic acids is 1. The average Bonchev–Trinajstić information content (AvgIpc) is 3.12. The molecule has 0 saturated carbocycles. The van der Waals surface area contributed by atoms with Crippen LogP contribution in [0.1, 0.15) is 16.8 Å². The molecular weight excluding hydrogens is 484 g/mol. The number of aliphatic carboxylic acids is 1. The Hall–Kier alpha value is -3.69. The Morgan fingerprint density at radius 1 is 1.06 bits per heavy atom. The van der Waals surface area contributed by atoms with Gasteiger partial charge in [0.25, 0.3) is 5.91 Å². The van der Waals surface area contributed by atoms with Crippen molar-refractivity contribution < 1.29 is 24.2 Å². The molecule has 1 fully saturated rings. The average molecular weight is 507 g/mol. The van der Waals surface area contributed by atoms with Crippen molar-refractivity contribution in [2.75, 3.05) is 13.2 Å². The lowest BCUT2D eigenvalue weighted by Gasteiger charge is -2.14. The molecule has 0 spiro atoms. The van der Waals surface area contributed by atoms with E-state index >= 15 is 0 Å². The summed E-state index contributed by atoms with van der Waals surface area (Å²) in [6.45, 7) is 0.256. The number of nitrogens with zero attached hydrogens (tertiary/aromatic N) is 2. The summed E-state index contributed by atoms with van der Waals surface area (Å²) in [5.41, 5.74) is 2.64. The SMILES string of the molecule is O=C(O)CN1C(=O)/C(=C/c2ccc(OCCc3ccccc3)c(OCc3ccccn3)c2)SC1=S. The third-order valence-electron chi connectivity index (χ3n) is 5.03. The normalized spacial score (nSPS) is 14.4. The van der Waals surface area contributed by atoms with Crippen LogP contribution in [0.5, 0.6) is 11.5 Å². The van der Waals surface area contributed by atoms with Crippen LogP contribution in [-0.2, 0) is 22.6 Å². The predicted octanol–water partition coefficient (Wildman–Crippen LogP) is 4.57. The van der Waals surface area contributed by atoms with Gasteiger partial charge in [-0.05, 0) is 41.5 Å². The van der Waals surface area contributed by atoms with Gasteiger partial charge in [-0.1, -0.05) is 66.4 Å². The van der Waals surface area contributed by atoms with Crippen molar-refractivity contribution in [1.29, 1.82) is 0 Å². The van der Waals surface area contributed by atoms with E-state index in [1.54, 1.807) is 24.4 Å². The molecule has 0 radical (unpaired) electrons. The van der Waals surface area contributed by atoms with Crippen LogP contribution in [0.25, 0.3) is 6.08 Å². The summed E-state index contributed by atoms with van der Waals surface area (Å²) in [6.07, 6.45) is 4.11. The van der Waals surface area contributed by atoms with Crippen LogP contribution in [0.15, 0.2) is 77.8 Å². The van der Waals surface area contributed by atoms with E-state index in [1.807, 2.05) is 54.6 Å². The molecule has 1 N–H and O–H groups in total. The van der Waals surface area contributed by atoms with Gasteiger partial charge in [0.1, 0.15) is 17.5 Å². The molecule has 178 valence electrons. The molecule has 1 saturated heterocycles. The molecule has 1 aliphatic heterocycles. The molecule has 2 heterocycles. The molecule has 0 atom stereocenters. The maximum Gasteiger partial charge on any atom is 0.323 e. The summed E-state index contributed by atoms with van der Waals surface area (Å²) in [5, 5.41) is 9.03. The first-order valence-electron chi connectivity index (χ1n) is 10.8. The van der Waals surface area contributed by atoms with Gasteiger partial charge in [-0.3, -0.25) is 19.5 Å². The molecule has 2 aromatic carbocycles. The van der Waals surface area contributed by atoms with Crippen LogP contribution in [-0.4, -0.2) is 44.3 Å². The van der Waals surface area contributed by atoms with Crippen molar-refractivity contribution in [3.05, 3.63) is 94.7 Å². The Morgan fingerprint density at radius 3 is 2.60 bits per heavy atom. The van der Waals surface area contributed by atoms with Gasteiger partial charge in [0, 0.05) is 12.6 Å². The highest BCUT2D eigenvalue weighted by molar-refractivity contribution is 8.26. The smallest absolute Gasteiger partial charge is 0.323 e. The molecule has 3 aromatic rings. The molecule has 35 heavy (non-hydrogen) atoms. The lowest BCUT2D eigenvalue weighted by molar-refractivity contribution is -0.140. The largest absolute Gasteiger partial charge is 0.489 e. The fraction of sp³-hybridized carbons (Fsp3) is 0.154. The van der Waals surface area contributed by atoms with Gasteiger partial charge in [-0.15, -0.1) is 0 Å². The number of aromatic nitrogens is 1. The molecular formula is C26H22N2O5S2. The number of amides is 1. The second-order valence-electron chi connectivity index (χ2n) is 7.56. The number of hydrogen-bond donors (Lipinski definition) is 1. The second-order valence-corrected chi connectivity index (χ2v) is 9.24. The zero-order valence-electron chi connectivity index (χ0n) is 18.6. The number of carbonyl (C=O) groups is 2. The van der Waals surface area contributed by atoms with E-state index in [4.69, 9.17) is 26.8 Å². The van der Waals surface area contributed by atoms with Gasteiger partial charge in [0.2, 0.25) is 0 Å². The zero-order valence-corrected chi connectivity index (χ0v) is 20.3. The molecule has 0 unspecified atom stereocenters. The highest BCUT2D eigenvalue weighted by atomic mass is 32.2. The van der Waals surface area contributed by atoms with Crippen LogP contribution in [0, 0.1) is 0 Å². The predicted molar refractivity (Wildman–Crippen MR) is 138 cm³/mol. The number of ether oxygens (including phenoxy) is 2. The van der Waals surface area contributed by atoms with E-state index in [1.165, 1.54) is 5.56 Å². The molecule has 1 amide bonds. The van der Waals surface area contributed by atoms with E-state index < -0.39 is 18.4 Å². The number of rotatable bonds is 10. The minimum absolute atomic E-state index is 0.219. The topological polar surface area (TPSA) is 89.0 Å². The summed E-state index contributed by atoms with van der Waals surface area (Å²) in [6, 6.07) is 21.0. The maximum atomic E-state index is 12.6. The number of thioether (sulfide) groups is 1. The van der Waals surface area contributed by atoms with Gasteiger partial charge in [-0.25, -0.2) is 0 Å². The van der Waals surface area contributed by atoms with Gasteiger partial charge in [-0.2, -0.15) is 0 Å². The Balaban J connectivity index is 1.53. The number of hydrogen-bond acceptors (Lipinski definition) is 7. The monoisotopic (exact) mass is 506 g/mol. The van der Waals surface area contributed by atoms with Crippen molar-refractivity contribution in [3.63, 3.8) is 0 Å². The van der Waals surface area contributed by atoms with Crippen LogP contribution >= 0.6 is 24.0 Å². The second kappa shape index (κ2) is 11.6. The number of benzene rings is 2. The quantitative estimate of drug-likeness (QED) is 0.316. The first kappa shape index (κ1) is 24.4. The van der Waals surface area contributed by atoms with E-state index in [2.05, 4.69) is 4.98 Å². The highest BCUT2D eigenvalue weighted by Crippen LogP contribution is 2.35. The van der Waals surface area contributed by atoms with Crippen molar-refractivity contribution in [3.8, 4) is 11.5 Å². The maximum absolute atomic E-state index is 12.6. The Labute approximate surface area is 212 Å². The molecule has 1 aliphatic rings. The molecule has 9 heteroatoms. The lowest BCUT2D eigenvalue weighted by Crippen LogP contribution is -2.33.